The van der Waals surface area contributed by atoms with Crippen molar-refractivity contribution in [2.75, 3.05) is 5.32 Å². The maximum absolute atomic E-state index is 13.8. The molecule has 2 heteroatoms. The Morgan fingerprint density at radius 3 is 2.21 bits per heavy atom. The second-order valence-corrected chi connectivity index (χ2v) is 6.31. The van der Waals surface area contributed by atoms with E-state index in [1.165, 1.54) is 11.6 Å². The highest BCUT2D eigenvalue weighted by Gasteiger charge is 2.30. The van der Waals surface area contributed by atoms with Crippen molar-refractivity contribution in [1.29, 1.82) is 0 Å². The number of hydrogen-bond acceptors (Lipinski definition) is 1. The van der Waals surface area contributed by atoms with Gasteiger partial charge in [0.2, 0.25) is 0 Å². The zero-order chi connectivity index (χ0) is 16.6. The Morgan fingerprint density at radius 2 is 1.50 bits per heavy atom. The highest BCUT2D eigenvalue weighted by atomic mass is 19.1. The Labute approximate surface area is 141 Å². The van der Waals surface area contributed by atoms with E-state index in [9.17, 15) is 4.39 Å². The third kappa shape index (κ3) is 2.50. The SMILES string of the molecule is CC1(c2ccccc2)C=C(c2ccccc2)c2cc(F)ccc2N1. The molecule has 1 N–H and O–H groups in total. The molecule has 24 heavy (non-hydrogen) atoms. The predicted octanol–water partition coefficient (Wildman–Crippen LogP) is 5.60. The van der Waals surface area contributed by atoms with E-state index in [2.05, 4.69) is 42.6 Å². The van der Waals surface area contributed by atoms with Crippen LogP contribution in [0.3, 0.4) is 0 Å². The van der Waals surface area contributed by atoms with Crippen molar-refractivity contribution in [2.24, 2.45) is 0 Å². The van der Waals surface area contributed by atoms with Gasteiger partial charge in [-0.2, -0.15) is 0 Å². The van der Waals surface area contributed by atoms with Crippen LogP contribution < -0.4 is 5.32 Å². The minimum Gasteiger partial charge on any atom is -0.372 e. The number of nitrogens with one attached hydrogen (secondary N) is 1. The molecule has 0 saturated heterocycles. The average molecular weight is 315 g/mol. The second-order valence-electron chi connectivity index (χ2n) is 6.31. The molecule has 1 heterocycles. The normalized spacial score (nSPS) is 19.2. The maximum atomic E-state index is 13.8. The molecule has 1 aliphatic heterocycles. The van der Waals surface area contributed by atoms with Gasteiger partial charge in [0.25, 0.3) is 0 Å². The van der Waals surface area contributed by atoms with Crippen molar-refractivity contribution in [3.05, 3.63) is 107 Å². The lowest BCUT2D eigenvalue weighted by atomic mass is 9.82. The Kier molecular flexibility index (Phi) is 3.46. The van der Waals surface area contributed by atoms with Crippen molar-refractivity contribution in [3.63, 3.8) is 0 Å². The molecular weight excluding hydrogens is 297 g/mol. The van der Waals surface area contributed by atoms with E-state index >= 15 is 0 Å². The lowest BCUT2D eigenvalue weighted by Gasteiger charge is -2.36. The highest BCUT2D eigenvalue weighted by Crippen LogP contribution is 2.41. The summed E-state index contributed by atoms with van der Waals surface area (Å²) in [5.41, 5.74) is 4.81. The van der Waals surface area contributed by atoms with E-state index < -0.39 is 0 Å². The van der Waals surface area contributed by atoms with Gasteiger partial charge < -0.3 is 5.32 Å². The van der Waals surface area contributed by atoms with E-state index in [0.29, 0.717) is 0 Å². The van der Waals surface area contributed by atoms with Crippen LogP contribution in [0.25, 0.3) is 5.57 Å². The Morgan fingerprint density at radius 1 is 0.833 bits per heavy atom. The summed E-state index contributed by atoms with van der Waals surface area (Å²) >= 11 is 0. The van der Waals surface area contributed by atoms with E-state index in [1.807, 2.05) is 42.5 Å². The van der Waals surface area contributed by atoms with E-state index in [0.717, 1.165) is 22.4 Å². The van der Waals surface area contributed by atoms with Gasteiger partial charge in [0.1, 0.15) is 5.82 Å². The van der Waals surface area contributed by atoms with Crippen LogP contribution in [0.1, 0.15) is 23.6 Å². The fraction of sp³-hybridized carbons (Fsp3) is 0.0909. The van der Waals surface area contributed by atoms with Gasteiger partial charge in [0.15, 0.2) is 0 Å². The zero-order valence-corrected chi connectivity index (χ0v) is 13.5. The molecule has 1 aliphatic rings. The van der Waals surface area contributed by atoms with Crippen LogP contribution in [-0.4, -0.2) is 0 Å². The van der Waals surface area contributed by atoms with Gasteiger partial charge in [-0.05, 0) is 47.9 Å². The number of hydrogen-bond donors (Lipinski definition) is 1. The van der Waals surface area contributed by atoms with Crippen molar-refractivity contribution in [3.8, 4) is 0 Å². The molecular formula is C22H18FN. The molecule has 0 fully saturated rings. The van der Waals surface area contributed by atoms with Crippen LogP contribution in [-0.2, 0) is 5.54 Å². The molecule has 1 unspecified atom stereocenters. The van der Waals surface area contributed by atoms with Crippen molar-refractivity contribution in [1.82, 2.24) is 0 Å². The molecule has 1 nitrogen and oxygen atoms in total. The predicted molar refractivity (Wildman–Crippen MR) is 97.3 cm³/mol. The molecule has 0 aromatic heterocycles. The van der Waals surface area contributed by atoms with Crippen LogP contribution >= 0.6 is 0 Å². The first kappa shape index (κ1) is 14.7. The summed E-state index contributed by atoms with van der Waals surface area (Å²) in [4.78, 5) is 0. The summed E-state index contributed by atoms with van der Waals surface area (Å²) in [6.07, 6.45) is 2.19. The van der Waals surface area contributed by atoms with E-state index in [-0.39, 0.29) is 11.4 Å². The van der Waals surface area contributed by atoms with Crippen LogP contribution in [0.5, 0.6) is 0 Å². The molecule has 0 bridgehead atoms. The van der Waals surface area contributed by atoms with Crippen LogP contribution in [0, 0.1) is 5.82 Å². The molecule has 0 radical (unpaired) electrons. The topological polar surface area (TPSA) is 12.0 Å². The molecule has 3 aromatic carbocycles. The van der Waals surface area contributed by atoms with Crippen LogP contribution in [0.2, 0.25) is 0 Å². The highest BCUT2D eigenvalue weighted by molar-refractivity contribution is 5.90. The van der Waals surface area contributed by atoms with Gasteiger partial charge in [-0.25, -0.2) is 4.39 Å². The van der Waals surface area contributed by atoms with Gasteiger partial charge in [-0.15, -0.1) is 0 Å². The summed E-state index contributed by atoms with van der Waals surface area (Å²) in [5, 5.41) is 3.57. The first-order valence-corrected chi connectivity index (χ1v) is 8.08. The van der Waals surface area contributed by atoms with E-state index in [1.54, 1.807) is 6.07 Å². The summed E-state index contributed by atoms with van der Waals surface area (Å²) in [5.74, 6) is -0.222. The molecule has 4 rings (SSSR count). The Bertz CT molecular complexity index is 900. The molecule has 0 saturated carbocycles. The smallest absolute Gasteiger partial charge is 0.123 e. The molecule has 118 valence electrons. The summed E-state index contributed by atoms with van der Waals surface area (Å²) in [6, 6.07) is 25.4. The summed E-state index contributed by atoms with van der Waals surface area (Å²) < 4.78 is 13.8. The first-order valence-electron chi connectivity index (χ1n) is 8.08. The molecule has 0 aliphatic carbocycles. The molecule has 0 spiro atoms. The number of fused-ring (bicyclic) bond motifs is 1. The average Bonchev–Trinajstić information content (AvgIpc) is 2.63. The standard InChI is InChI=1S/C22H18FN/c1-22(17-10-6-3-7-11-17)15-20(16-8-4-2-5-9-16)19-14-18(23)12-13-21(19)24-22/h2-15,24H,1H3. The first-order chi connectivity index (χ1) is 11.7. The molecule has 1 atom stereocenters. The van der Waals surface area contributed by atoms with Crippen molar-refractivity contribution >= 4 is 11.3 Å². The minimum absolute atomic E-state index is 0.222. The van der Waals surface area contributed by atoms with Crippen molar-refractivity contribution in [2.45, 2.75) is 12.5 Å². The van der Waals surface area contributed by atoms with Crippen LogP contribution in [0.15, 0.2) is 84.9 Å². The zero-order valence-electron chi connectivity index (χ0n) is 13.5. The number of rotatable bonds is 2. The van der Waals surface area contributed by atoms with Gasteiger partial charge in [-0.3, -0.25) is 0 Å². The van der Waals surface area contributed by atoms with Gasteiger partial charge in [-0.1, -0.05) is 60.7 Å². The van der Waals surface area contributed by atoms with Gasteiger partial charge in [0, 0.05) is 11.3 Å². The fourth-order valence-corrected chi connectivity index (χ4v) is 3.33. The summed E-state index contributed by atoms with van der Waals surface area (Å²) in [6.45, 7) is 2.15. The third-order valence-corrected chi connectivity index (χ3v) is 4.56. The number of benzene rings is 3. The van der Waals surface area contributed by atoms with E-state index in [4.69, 9.17) is 0 Å². The second kappa shape index (κ2) is 5.64. The Hall–Kier alpha value is -2.87. The monoisotopic (exact) mass is 315 g/mol. The Balaban J connectivity index is 1.94. The quantitative estimate of drug-likeness (QED) is 0.649. The minimum atomic E-state index is -0.350. The molecule has 0 amide bonds. The van der Waals surface area contributed by atoms with Crippen molar-refractivity contribution < 1.29 is 4.39 Å². The van der Waals surface area contributed by atoms with Gasteiger partial charge >= 0.3 is 0 Å². The van der Waals surface area contributed by atoms with Crippen LogP contribution in [0.4, 0.5) is 10.1 Å². The lowest BCUT2D eigenvalue weighted by Crippen LogP contribution is -2.33. The molecule has 3 aromatic rings. The fourth-order valence-electron chi connectivity index (χ4n) is 3.33. The lowest BCUT2D eigenvalue weighted by molar-refractivity contribution is 0.625. The third-order valence-electron chi connectivity index (χ3n) is 4.56. The largest absolute Gasteiger partial charge is 0.372 e. The number of halogens is 1. The number of anilines is 1. The maximum Gasteiger partial charge on any atom is 0.123 e. The van der Waals surface area contributed by atoms with Gasteiger partial charge in [0.05, 0.1) is 5.54 Å². The summed E-state index contributed by atoms with van der Waals surface area (Å²) in [7, 11) is 0.